The number of aliphatic hydroxyl groups excluding tert-OH is 1. The van der Waals surface area contributed by atoms with Gasteiger partial charge in [-0.3, -0.25) is 4.79 Å². The van der Waals surface area contributed by atoms with Gasteiger partial charge in [-0.2, -0.15) is 0 Å². The van der Waals surface area contributed by atoms with Gasteiger partial charge in [0.15, 0.2) is 0 Å². The fourth-order valence-electron chi connectivity index (χ4n) is 1.98. The molecule has 4 nitrogen and oxygen atoms in total. The Labute approximate surface area is 112 Å². The zero-order valence-electron chi connectivity index (χ0n) is 11.5. The topological polar surface area (TPSA) is 53.7 Å². The van der Waals surface area contributed by atoms with E-state index in [-0.39, 0.29) is 25.0 Å². The molecule has 102 valence electrons. The number of carbonyl (C=O) groups is 1. The predicted octanol–water partition coefficient (Wildman–Crippen LogP) is 2.12. The zero-order chi connectivity index (χ0) is 14.0. The second kappa shape index (κ2) is 5.45. The van der Waals surface area contributed by atoms with E-state index in [2.05, 4.69) is 0 Å². The Kier molecular flexibility index (Phi) is 3.90. The number of furan rings is 1. The normalized spacial score (nSPS) is 12.6. The molecule has 0 aliphatic carbocycles. The summed E-state index contributed by atoms with van der Waals surface area (Å²) in [6, 6.07) is 5.77. The number of carbonyl (C=O) groups excluding carboxylic acids is 1. The van der Waals surface area contributed by atoms with E-state index in [1.807, 2.05) is 32.0 Å². The third-order valence-electron chi connectivity index (χ3n) is 3.47. The summed E-state index contributed by atoms with van der Waals surface area (Å²) >= 11 is 0. The molecule has 4 heteroatoms. The van der Waals surface area contributed by atoms with E-state index in [9.17, 15) is 4.79 Å². The minimum atomic E-state index is -0.173. The first-order chi connectivity index (χ1) is 9.02. The quantitative estimate of drug-likeness (QED) is 0.917. The second-order valence-corrected chi connectivity index (χ2v) is 4.97. The van der Waals surface area contributed by atoms with Crippen molar-refractivity contribution in [1.82, 2.24) is 4.90 Å². The van der Waals surface area contributed by atoms with Gasteiger partial charge in [0.1, 0.15) is 5.58 Å². The van der Waals surface area contributed by atoms with Crippen molar-refractivity contribution in [3.8, 4) is 0 Å². The zero-order valence-corrected chi connectivity index (χ0v) is 11.5. The Morgan fingerprint density at radius 3 is 2.89 bits per heavy atom. The molecule has 0 bridgehead atoms. The SMILES string of the molecule is Cc1ccc2c(CC(=O)N(C)C(C)CO)coc2c1. The van der Waals surface area contributed by atoms with Crippen molar-refractivity contribution in [3.05, 3.63) is 35.6 Å². The highest BCUT2D eigenvalue weighted by Crippen LogP contribution is 2.23. The molecular weight excluding hydrogens is 242 g/mol. The molecule has 1 atom stereocenters. The van der Waals surface area contributed by atoms with Crippen molar-refractivity contribution >= 4 is 16.9 Å². The van der Waals surface area contributed by atoms with Crippen LogP contribution in [0.1, 0.15) is 18.1 Å². The lowest BCUT2D eigenvalue weighted by atomic mass is 10.1. The number of likely N-dealkylation sites (N-methyl/N-ethyl adjacent to an activating group) is 1. The van der Waals surface area contributed by atoms with Crippen molar-refractivity contribution in [3.63, 3.8) is 0 Å². The molecule has 1 unspecified atom stereocenters. The summed E-state index contributed by atoms with van der Waals surface area (Å²) in [6.07, 6.45) is 1.93. The number of fused-ring (bicyclic) bond motifs is 1. The summed E-state index contributed by atoms with van der Waals surface area (Å²) in [7, 11) is 1.70. The monoisotopic (exact) mass is 261 g/mol. The lowest BCUT2D eigenvalue weighted by Crippen LogP contribution is -2.38. The van der Waals surface area contributed by atoms with Crippen LogP contribution in [0.5, 0.6) is 0 Å². The van der Waals surface area contributed by atoms with Gasteiger partial charge in [0, 0.05) is 18.0 Å². The molecule has 0 fully saturated rings. The Balaban J connectivity index is 2.20. The van der Waals surface area contributed by atoms with Crippen LogP contribution in [0.15, 0.2) is 28.9 Å². The van der Waals surface area contributed by atoms with Gasteiger partial charge in [0.25, 0.3) is 0 Å². The van der Waals surface area contributed by atoms with E-state index in [0.29, 0.717) is 0 Å². The highest BCUT2D eigenvalue weighted by atomic mass is 16.3. The molecule has 0 saturated carbocycles. The molecule has 1 amide bonds. The fourth-order valence-corrected chi connectivity index (χ4v) is 1.98. The van der Waals surface area contributed by atoms with E-state index in [1.165, 1.54) is 0 Å². The molecule has 0 saturated heterocycles. The van der Waals surface area contributed by atoms with Crippen molar-refractivity contribution in [2.45, 2.75) is 26.3 Å². The van der Waals surface area contributed by atoms with Gasteiger partial charge >= 0.3 is 0 Å². The first kappa shape index (κ1) is 13.6. The number of aryl methyl sites for hydroxylation is 1. The lowest BCUT2D eigenvalue weighted by molar-refractivity contribution is -0.131. The van der Waals surface area contributed by atoms with Gasteiger partial charge < -0.3 is 14.4 Å². The van der Waals surface area contributed by atoms with E-state index in [4.69, 9.17) is 9.52 Å². The number of hydrogen-bond donors (Lipinski definition) is 1. The number of hydrogen-bond acceptors (Lipinski definition) is 3. The summed E-state index contributed by atoms with van der Waals surface area (Å²) in [4.78, 5) is 13.7. The van der Waals surface area contributed by atoms with E-state index in [0.717, 1.165) is 22.1 Å². The molecule has 0 aliphatic rings. The molecule has 2 rings (SSSR count). The Morgan fingerprint density at radius 2 is 2.21 bits per heavy atom. The van der Waals surface area contributed by atoms with Crippen LogP contribution in [-0.2, 0) is 11.2 Å². The van der Waals surface area contributed by atoms with E-state index < -0.39 is 0 Å². The van der Waals surface area contributed by atoms with E-state index in [1.54, 1.807) is 18.2 Å². The Bertz CT molecular complexity index is 588. The predicted molar refractivity (Wildman–Crippen MR) is 74.0 cm³/mol. The first-order valence-corrected chi connectivity index (χ1v) is 6.36. The smallest absolute Gasteiger partial charge is 0.227 e. The number of amides is 1. The molecule has 19 heavy (non-hydrogen) atoms. The minimum Gasteiger partial charge on any atom is -0.464 e. The summed E-state index contributed by atoms with van der Waals surface area (Å²) < 4.78 is 5.48. The summed E-state index contributed by atoms with van der Waals surface area (Å²) in [5.74, 6) is -0.0233. The van der Waals surface area contributed by atoms with E-state index >= 15 is 0 Å². The van der Waals surface area contributed by atoms with Crippen LogP contribution in [0.3, 0.4) is 0 Å². The van der Waals surface area contributed by atoms with Crippen LogP contribution in [-0.4, -0.2) is 35.6 Å². The maximum Gasteiger partial charge on any atom is 0.227 e. The molecule has 1 heterocycles. The highest BCUT2D eigenvalue weighted by molar-refractivity contribution is 5.88. The van der Waals surface area contributed by atoms with Crippen molar-refractivity contribution in [1.29, 1.82) is 0 Å². The summed E-state index contributed by atoms with van der Waals surface area (Å²) in [5, 5.41) is 10.0. The Morgan fingerprint density at radius 1 is 1.47 bits per heavy atom. The molecule has 1 aromatic carbocycles. The first-order valence-electron chi connectivity index (χ1n) is 6.36. The van der Waals surface area contributed by atoms with Gasteiger partial charge in [-0.05, 0) is 25.5 Å². The van der Waals surface area contributed by atoms with Gasteiger partial charge in [-0.1, -0.05) is 12.1 Å². The maximum atomic E-state index is 12.1. The number of nitrogens with zero attached hydrogens (tertiary/aromatic N) is 1. The van der Waals surface area contributed by atoms with Crippen LogP contribution >= 0.6 is 0 Å². The standard InChI is InChI=1S/C15H19NO3/c1-10-4-5-13-12(9-19-14(13)6-10)7-15(18)16(3)11(2)8-17/h4-6,9,11,17H,7-8H2,1-3H3. The molecule has 1 N–H and O–H groups in total. The minimum absolute atomic E-state index is 0.0233. The maximum absolute atomic E-state index is 12.1. The van der Waals surface area contributed by atoms with Crippen LogP contribution in [0.2, 0.25) is 0 Å². The fraction of sp³-hybridized carbons (Fsp3) is 0.400. The van der Waals surface area contributed by atoms with Crippen LogP contribution in [0, 0.1) is 6.92 Å². The average molecular weight is 261 g/mol. The third kappa shape index (κ3) is 2.79. The van der Waals surface area contributed by atoms with Gasteiger partial charge in [0.05, 0.1) is 25.3 Å². The highest BCUT2D eigenvalue weighted by Gasteiger charge is 2.17. The third-order valence-corrected chi connectivity index (χ3v) is 3.47. The number of aliphatic hydroxyl groups is 1. The molecule has 0 radical (unpaired) electrons. The van der Waals surface area contributed by atoms with Crippen LogP contribution in [0.4, 0.5) is 0 Å². The molecule has 0 spiro atoms. The second-order valence-electron chi connectivity index (χ2n) is 4.97. The van der Waals surface area contributed by atoms with Crippen molar-refractivity contribution in [2.75, 3.05) is 13.7 Å². The number of rotatable bonds is 4. The Hall–Kier alpha value is -1.81. The molecule has 2 aromatic rings. The van der Waals surface area contributed by atoms with Gasteiger partial charge in [0.2, 0.25) is 5.91 Å². The molecule has 0 aliphatic heterocycles. The van der Waals surface area contributed by atoms with Gasteiger partial charge in [-0.25, -0.2) is 0 Å². The van der Waals surface area contributed by atoms with Gasteiger partial charge in [-0.15, -0.1) is 0 Å². The summed E-state index contributed by atoms with van der Waals surface area (Å²) in [5.41, 5.74) is 2.82. The van der Waals surface area contributed by atoms with Crippen LogP contribution < -0.4 is 0 Å². The molecular formula is C15H19NO3. The van der Waals surface area contributed by atoms with Crippen LogP contribution in [0.25, 0.3) is 11.0 Å². The van der Waals surface area contributed by atoms with Crippen molar-refractivity contribution < 1.29 is 14.3 Å². The molecule has 1 aromatic heterocycles. The lowest BCUT2D eigenvalue weighted by Gasteiger charge is -2.22. The average Bonchev–Trinajstić information content (AvgIpc) is 2.79. The van der Waals surface area contributed by atoms with Crippen molar-refractivity contribution in [2.24, 2.45) is 0 Å². The summed E-state index contributed by atoms with van der Waals surface area (Å²) in [6.45, 7) is 3.78. The number of benzene rings is 1. The largest absolute Gasteiger partial charge is 0.464 e.